The molecule has 8 nitrogen and oxygen atoms in total. The van der Waals surface area contributed by atoms with Crippen molar-refractivity contribution in [3.8, 4) is 0 Å². The van der Waals surface area contributed by atoms with Gasteiger partial charge in [-0.25, -0.2) is 18.1 Å². The first kappa shape index (κ1) is 15.4. The van der Waals surface area contributed by atoms with E-state index in [1.165, 1.54) is 11.3 Å². The molecule has 0 spiro atoms. The number of hydrogen-bond acceptors (Lipinski definition) is 7. The molecule has 10 heteroatoms. The molecule has 0 atom stereocenters. The van der Waals surface area contributed by atoms with Crippen LogP contribution < -0.4 is 10.5 Å². The number of hydrogen-bond donors (Lipinski definition) is 2. The molecular weight excluding hydrogens is 316 g/mol. The number of aryl methyl sites for hydroxylation is 1. The summed E-state index contributed by atoms with van der Waals surface area (Å²) in [4.78, 5) is 14.6. The Bertz CT molecular complexity index is 785. The number of rotatable bonds is 5. The van der Waals surface area contributed by atoms with Crippen LogP contribution in [0, 0.1) is 17.0 Å². The van der Waals surface area contributed by atoms with E-state index in [4.69, 9.17) is 5.73 Å². The number of non-ortho nitro benzene ring substituents is 1. The number of nitrogen functional groups attached to an aromatic ring is 1. The molecule has 0 bridgehead atoms. The van der Waals surface area contributed by atoms with Crippen LogP contribution in [0.4, 0.5) is 11.4 Å². The lowest BCUT2D eigenvalue weighted by atomic mass is 10.3. The zero-order valence-corrected chi connectivity index (χ0v) is 12.6. The second kappa shape index (κ2) is 5.76. The highest BCUT2D eigenvalue weighted by atomic mass is 32.2. The zero-order chi connectivity index (χ0) is 15.6. The van der Waals surface area contributed by atoms with Gasteiger partial charge in [0.1, 0.15) is 4.90 Å². The minimum absolute atomic E-state index is 0.0876. The topological polar surface area (TPSA) is 128 Å². The molecule has 0 amide bonds. The highest BCUT2D eigenvalue weighted by Crippen LogP contribution is 2.24. The van der Waals surface area contributed by atoms with Gasteiger partial charge in [0.25, 0.3) is 5.69 Å². The Kier molecular flexibility index (Phi) is 4.21. The summed E-state index contributed by atoms with van der Waals surface area (Å²) < 4.78 is 26.7. The predicted octanol–water partition coefficient (Wildman–Crippen LogP) is 1.42. The summed E-state index contributed by atoms with van der Waals surface area (Å²) in [5.74, 6) is 0. The Labute approximate surface area is 124 Å². The van der Waals surface area contributed by atoms with Gasteiger partial charge in [-0.05, 0) is 13.0 Å². The average Bonchev–Trinajstić information content (AvgIpc) is 2.82. The molecule has 0 unspecified atom stereocenters. The van der Waals surface area contributed by atoms with Crippen LogP contribution in [0.3, 0.4) is 0 Å². The van der Waals surface area contributed by atoms with E-state index in [9.17, 15) is 18.5 Å². The fraction of sp³-hybridized carbons (Fsp3) is 0.182. The number of sulfonamides is 1. The molecular formula is C11H12N4O4S2. The van der Waals surface area contributed by atoms with Crippen molar-refractivity contribution in [1.29, 1.82) is 0 Å². The van der Waals surface area contributed by atoms with E-state index in [0.29, 0.717) is 0 Å². The van der Waals surface area contributed by atoms with Gasteiger partial charge in [-0.2, -0.15) is 0 Å². The van der Waals surface area contributed by atoms with Gasteiger partial charge in [0.05, 0.1) is 15.6 Å². The van der Waals surface area contributed by atoms with Crippen molar-refractivity contribution in [2.75, 3.05) is 5.73 Å². The van der Waals surface area contributed by atoms with E-state index in [-0.39, 0.29) is 22.8 Å². The number of nitro groups is 1. The number of thiazole rings is 1. The minimum atomic E-state index is -3.84. The van der Waals surface area contributed by atoms with Gasteiger partial charge >= 0.3 is 0 Å². The SMILES string of the molecule is Cc1ncc(CNS(=O)(=O)c2ccc([N+](=O)[O-])cc2N)s1. The molecule has 0 saturated carbocycles. The number of benzene rings is 1. The van der Waals surface area contributed by atoms with E-state index < -0.39 is 14.9 Å². The number of nitrogens with two attached hydrogens (primary N) is 1. The third-order valence-electron chi connectivity index (χ3n) is 2.60. The number of aromatic nitrogens is 1. The van der Waals surface area contributed by atoms with Crippen molar-refractivity contribution in [3.05, 3.63) is 44.4 Å². The van der Waals surface area contributed by atoms with E-state index in [1.807, 2.05) is 6.92 Å². The van der Waals surface area contributed by atoms with Crippen molar-refractivity contribution in [2.45, 2.75) is 18.4 Å². The van der Waals surface area contributed by atoms with Gasteiger partial charge in [-0.15, -0.1) is 11.3 Å². The standard InChI is InChI=1S/C11H12N4O4S2/c1-7-13-5-9(20-7)6-14-21(18,19)11-3-2-8(15(16)17)4-10(11)12/h2-5,14H,6,12H2,1H3. The average molecular weight is 328 g/mol. The van der Waals surface area contributed by atoms with Crippen LogP contribution in [0.25, 0.3) is 0 Å². The summed E-state index contributed by atoms with van der Waals surface area (Å²) in [6, 6.07) is 3.24. The Morgan fingerprint density at radius 2 is 2.19 bits per heavy atom. The monoisotopic (exact) mass is 328 g/mol. The van der Waals surface area contributed by atoms with Crippen LogP contribution in [0.5, 0.6) is 0 Å². The summed E-state index contributed by atoms with van der Waals surface area (Å²) in [6.07, 6.45) is 1.59. The number of nitrogens with one attached hydrogen (secondary N) is 1. The van der Waals surface area contributed by atoms with Crippen LogP contribution in [0.1, 0.15) is 9.88 Å². The second-order valence-electron chi connectivity index (χ2n) is 4.15. The van der Waals surface area contributed by atoms with E-state index >= 15 is 0 Å². The van der Waals surface area contributed by atoms with Crippen LogP contribution in [0.2, 0.25) is 0 Å². The van der Waals surface area contributed by atoms with Gasteiger partial charge in [-0.3, -0.25) is 10.1 Å². The fourth-order valence-electron chi connectivity index (χ4n) is 1.63. The second-order valence-corrected chi connectivity index (χ2v) is 7.20. The molecule has 0 radical (unpaired) electrons. The van der Waals surface area contributed by atoms with E-state index in [1.54, 1.807) is 6.20 Å². The van der Waals surface area contributed by atoms with Gasteiger partial charge in [0, 0.05) is 29.8 Å². The van der Waals surface area contributed by atoms with Crippen molar-refractivity contribution in [3.63, 3.8) is 0 Å². The molecule has 112 valence electrons. The van der Waals surface area contributed by atoms with E-state index in [0.717, 1.165) is 28.1 Å². The first-order chi connectivity index (χ1) is 9.79. The Morgan fingerprint density at radius 1 is 1.48 bits per heavy atom. The molecule has 0 aliphatic heterocycles. The number of nitrogens with zero attached hydrogens (tertiary/aromatic N) is 2. The lowest BCUT2D eigenvalue weighted by Crippen LogP contribution is -2.23. The van der Waals surface area contributed by atoms with Crippen molar-refractivity contribution in [1.82, 2.24) is 9.71 Å². The quantitative estimate of drug-likeness (QED) is 0.485. The van der Waals surface area contributed by atoms with Crippen LogP contribution >= 0.6 is 11.3 Å². The van der Waals surface area contributed by atoms with Gasteiger partial charge in [-0.1, -0.05) is 0 Å². The lowest BCUT2D eigenvalue weighted by molar-refractivity contribution is -0.384. The lowest BCUT2D eigenvalue weighted by Gasteiger charge is -2.08. The molecule has 2 rings (SSSR count). The van der Waals surface area contributed by atoms with Gasteiger partial charge in [0.2, 0.25) is 10.0 Å². The van der Waals surface area contributed by atoms with Crippen molar-refractivity contribution in [2.24, 2.45) is 0 Å². The Balaban J connectivity index is 2.21. The number of anilines is 1. The first-order valence-electron chi connectivity index (χ1n) is 5.74. The third kappa shape index (κ3) is 3.54. The Hall–Kier alpha value is -2.04. The van der Waals surface area contributed by atoms with Crippen LogP contribution in [0.15, 0.2) is 29.3 Å². The molecule has 1 heterocycles. The molecule has 0 fully saturated rings. The van der Waals surface area contributed by atoms with Crippen molar-refractivity contribution < 1.29 is 13.3 Å². The normalized spacial score (nSPS) is 11.5. The van der Waals surface area contributed by atoms with Crippen LogP contribution in [-0.2, 0) is 16.6 Å². The van der Waals surface area contributed by atoms with Crippen LogP contribution in [-0.4, -0.2) is 18.3 Å². The molecule has 0 aliphatic carbocycles. The summed E-state index contributed by atoms with van der Waals surface area (Å²) in [5.41, 5.74) is 5.16. The summed E-state index contributed by atoms with van der Waals surface area (Å²) in [5, 5.41) is 11.4. The summed E-state index contributed by atoms with van der Waals surface area (Å²) in [6.45, 7) is 1.90. The minimum Gasteiger partial charge on any atom is -0.397 e. The molecule has 3 N–H and O–H groups in total. The maximum atomic E-state index is 12.1. The third-order valence-corrected chi connectivity index (χ3v) is 4.99. The molecule has 21 heavy (non-hydrogen) atoms. The van der Waals surface area contributed by atoms with Crippen molar-refractivity contribution >= 4 is 32.7 Å². The van der Waals surface area contributed by atoms with E-state index in [2.05, 4.69) is 9.71 Å². The summed E-state index contributed by atoms with van der Waals surface area (Å²) in [7, 11) is -3.84. The fourth-order valence-corrected chi connectivity index (χ4v) is 3.57. The highest BCUT2D eigenvalue weighted by molar-refractivity contribution is 7.89. The maximum absolute atomic E-state index is 12.1. The first-order valence-corrected chi connectivity index (χ1v) is 8.04. The maximum Gasteiger partial charge on any atom is 0.271 e. The predicted molar refractivity (Wildman–Crippen MR) is 78.4 cm³/mol. The molecule has 0 aliphatic rings. The highest BCUT2D eigenvalue weighted by Gasteiger charge is 2.20. The largest absolute Gasteiger partial charge is 0.397 e. The van der Waals surface area contributed by atoms with Gasteiger partial charge in [0.15, 0.2) is 0 Å². The molecule has 0 saturated heterocycles. The Morgan fingerprint density at radius 3 is 2.71 bits per heavy atom. The molecule has 1 aromatic carbocycles. The summed E-state index contributed by atoms with van der Waals surface area (Å²) >= 11 is 1.38. The van der Waals surface area contributed by atoms with Gasteiger partial charge < -0.3 is 5.73 Å². The number of nitro benzene ring substituents is 1. The zero-order valence-electron chi connectivity index (χ0n) is 10.9. The molecule has 2 aromatic rings. The molecule has 1 aromatic heterocycles. The smallest absolute Gasteiger partial charge is 0.271 e.